The van der Waals surface area contributed by atoms with Gasteiger partial charge < -0.3 is 25.8 Å². The van der Waals surface area contributed by atoms with E-state index in [9.17, 15) is 4.79 Å². The zero-order chi connectivity index (χ0) is 20.0. The minimum absolute atomic E-state index is 0. The Hall–Kier alpha value is -1.71. The lowest BCUT2D eigenvalue weighted by atomic mass is 9.93. The molecule has 28 heavy (non-hydrogen) atoms. The maximum Gasteiger partial charge on any atom is 0.224 e. The Bertz CT molecular complexity index is 707. The summed E-state index contributed by atoms with van der Waals surface area (Å²) in [5.41, 5.74) is 6.92. The number of hydrogen-bond acceptors (Lipinski definition) is 4. The molecule has 1 aliphatic heterocycles. The van der Waals surface area contributed by atoms with Crippen LogP contribution < -0.4 is 25.8 Å². The van der Waals surface area contributed by atoms with Crippen molar-refractivity contribution in [2.45, 2.75) is 53.7 Å². The number of hydrogen-bond donors (Lipinski definition) is 3. The second-order valence-corrected chi connectivity index (χ2v) is 7.43. The number of aliphatic imine (C=N–C) groups is 1. The largest absolute Gasteiger partial charge is 0.494 e. The predicted molar refractivity (Wildman–Crippen MR) is 123 cm³/mol. The number of nitrogens with zero attached hydrogens (tertiary/aromatic N) is 1. The topological polar surface area (TPSA) is 98.0 Å². The van der Waals surface area contributed by atoms with Gasteiger partial charge in [-0.2, -0.15) is 0 Å². The van der Waals surface area contributed by atoms with Crippen LogP contribution in [0, 0.1) is 5.41 Å². The van der Waals surface area contributed by atoms with Crippen molar-refractivity contribution in [1.29, 1.82) is 0 Å². The highest BCUT2D eigenvalue weighted by Gasteiger charge is 2.25. The van der Waals surface area contributed by atoms with E-state index in [0.29, 0.717) is 32.2 Å². The van der Waals surface area contributed by atoms with E-state index in [-0.39, 0.29) is 36.0 Å². The van der Waals surface area contributed by atoms with Gasteiger partial charge >= 0.3 is 0 Å². The van der Waals surface area contributed by atoms with Crippen molar-refractivity contribution < 1.29 is 14.3 Å². The summed E-state index contributed by atoms with van der Waals surface area (Å²) >= 11 is 0. The normalized spacial score (nSPS) is 15.9. The maximum absolute atomic E-state index is 11.5. The molecule has 0 saturated carbocycles. The van der Waals surface area contributed by atoms with Gasteiger partial charge in [0.1, 0.15) is 17.6 Å². The minimum atomic E-state index is -0.662. The summed E-state index contributed by atoms with van der Waals surface area (Å²) in [5, 5.41) is 6.38. The Morgan fingerprint density at radius 3 is 2.68 bits per heavy atom. The van der Waals surface area contributed by atoms with Crippen LogP contribution in [0.1, 0.15) is 45.7 Å². The third-order valence-electron chi connectivity index (χ3n) is 4.50. The van der Waals surface area contributed by atoms with Crippen LogP contribution in [0.5, 0.6) is 11.5 Å². The second kappa shape index (κ2) is 10.7. The number of nitrogens with two attached hydrogens (primary N) is 1. The van der Waals surface area contributed by atoms with E-state index < -0.39 is 5.41 Å². The van der Waals surface area contributed by atoms with Crippen molar-refractivity contribution in [1.82, 2.24) is 10.6 Å². The lowest BCUT2D eigenvalue weighted by molar-refractivity contribution is -0.125. The van der Waals surface area contributed by atoms with Gasteiger partial charge in [-0.3, -0.25) is 4.79 Å². The van der Waals surface area contributed by atoms with Crippen molar-refractivity contribution in [3.05, 3.63) is 23.3 Å². The highest BCUT2D eigenvalue weighted by atomic mass is 127. The van der Waals surface area contributed by atoms with Crippen molar-refractivity contribution >= 4 is 35.8 Å². The van der Waals surface area contributed by atoms with Crippen LogP contribution >= 0.6 is 24.0 Å². The van der Waals surface area contributed by atoms with Gasteiger partial charge in [0, 0.05) is 30.6 Å². The number of carbonyl (C=O) groups excluding carboxylic acids is 1. The van der Waals surface area contributed by atoms with Gasteiger partial charge in [-0.1, -0.05) is 0 Å². The van der Waals surface area contributed by atoms with Crippen molar-refractivity contribution in [2.75, 3.05) is 19.7 Å². The fraction of sp³-hybridized carbons (Fsp3) is 0.600. The Labute approximate surface area is 184 Å². The minimum Gasteiger partial charge on any atom is -0.494 e. The van der Waals surface area contributed by atoms with Gasteiger partial charge in [0.05, 0.1) is 18.6 Å². The number of carbonyl (C=O) groups is 1. The van der Waals surface area contributed by atoms with Crippen molar-refractivity contribution in [3.8, 4) is 11.5 Å². The third-order valence-corrected chi connectivity index (χ3v) is 4.50. The molecule has 0 saturated heterocycles. The molecule has 0 bridgehead atoms. The van der Waals surface area contributed by atoms with Gasteiger partial charge in [-0.05, 0) is 46.8 Å². The van der Waals surface area contributed by atoms with E-state index in [4.69, 9.17) is 15.2 Å². The molecule has 2 rings (SSSR count). The molecule has 1 aromatic carbocycles. The number of amides is 1. The summed E-state index contributed by atoms with van der Waals surface area (Å²) in [6.45, 7) is 11.8. The summed E-state index contributed by atoms with van der Waals surface area (Å²) in [6.07, 6.45) is 1.08. The summed E-state index contributed by atoms with van der Waals surface area (Å²) in [6, 6.07) is 4.08. The highest BCUT2D eigenvalue weighted by Crippen LogP contribution is 2.35. The summed E-state index contributed by atoms with van der Waals surface area (Å²) in [4.78, 5) is 16.2. The van der Waals surface area contributed by atoms with Crippen LogP contribution in [0.2, 0.25) is 0 Å². The van der Waals surface area contributed by atoms with E-state index >= 15 is 0 Å². The van der Waals surface area contributed by atoms with Crippen LogP contribution in [0.15, 0.2) is 17.1 Å². The van der Waals surface area contributed by atoms with E-state index in [1.54, 1.807) is 13.8 Å². The second-order valence-electron chi connectivity index (χ2n) is 7.43. The highest BCUT2D eigenvalue weighted by molar-refractivity contribution is 14.0. The van der Waals surface area contributed by atoms with Crippen molar-refractivity contribution in [3.63, 3.8) is 0 Å². The smallest absolute Gasteiger partial charge is 0.224 e. The first-order chi connectivity index (χ1) is 12.8. The van der Waals surface area contributed by atoms with Crippen LogP contribution in [0.4, 0.5) is 0 Å². The Morgan fingerprint density at radius 2 is 2.07 bits per heavy atom. The first-order valence-corrected chi connectivity index (χ1v) is 9.54. The number of fused-ring (bicyclic) bond motifs is 1. The standard InChI is InChI=1S/C20H32N4O3.HI/c1-6-22-19(24-12-20(4,5)18(21)25)23-11-15-10-17-14(8-13(3)27-17)9-16(15)26-7-2;/h9-10,13H,6-8,11-12H2,1-5H3,(H2,21,25)(H2,22,23,24);1H. The molecule has 7 nitrogen and oxygen atoms in total. The van der Waals surface area contributed by atoms with Crippen molar-refractivity contribution in [2.24, 2.45) is 16.1 Å². The number of primary amides is 1. The zero-order valence-electron chi connectivity index (χ0n) is 17.4. The summed E-state index contributed by atoms with van der Waals surface area (Å²) in [7, 11) is 0. The third kappa shape index (κ3) is 6.42. The first kappa shape index (κ1) is 24.3. The molecule has 0 aliphatic carbocycles. The molecule has 8 heteroatoms. The van der Waals surface area contributed by atoms with E-state index in [2.05, 4.69) is 28.6 Å². The summed E-state index contributed by atoms with van der Waals surface area (Å²) < 4.78 is 11.7. The molecule has 1 unspecified atom stereocenters. The average Bonchev–Trinajstić information content (AvgIpc) is 2.96. The van der Waals surface area contributed by atoms with Gasteiger partial charge in [0.2, 0.25) is 5.91 Å². The predicted octanol–water partition coefficient (Wildman–Crippen LogP) is 2.59. The Morgan fingerprint density at radius 1 is 1.36 bits per heavy atom. The SMILES string of the molecule is CCNC(=NCc1cc2c(cc1OCC)CC(C)O2)NCC(C)(C)C(N)=O.I. The summed E-state index contributed by atoms with van der Waals surface area (Å²) in [5.74, 6) is 2.02. The molecule has 1 heterocycles. The molecule has 158 valence electrons. The zero-order valence-corrected chi connectivity index (χ0v) is 19.8. The first-order valence-electron chi connectivity index (χ1n) is 9.54. The molecule has 1 amide bonds. The maximum atomic E-state index is 11.5. The fourth-order valence-corrected chi connectivity index (χ4v) is 2.79. The molecular weight excluding hydrogens is 471 g/mol. The fourth-order valence-electron chi connectivity index (χ4n) is 2.79. The molecule has 1 aromatic rings. The van der Waals surface area contributed by atoms with E-state index in [1.807, 2.05) is 19.9 Å². The van der Waals surface area contributed by atoms with Crippen LogP contribution in [-0.4, -0.2) is 37.7 Å². The molecule has 1 atom stereocenters. The van der Waals surface area contributed by atoms with Gasteiger partial charge in [0.15, 0.2) is 5.96 Å². The molecule has 1 aliphatic rings. The number of halogens is 1. The number of nitrogens with one attached hydrogen (secondary N) is 2. The number of rotatable bonds is 8. The Kier molecular flexibility index (Phi) is 9.32. The van der Waals surface area contributed by atoms with Crippen LogP contribution in [0.3, 0.4) is 0 Å². The van der Waals surface area contributed by atoms with Gasteiger partial charge in [-0.15, -0.1) is 24.0 Å². The van der Waals surface area contributed by atoms with Crippen LogP contribution in [0.25, 0.3) is 0 Å². The quantitative estimate of drug-likeness (QED) is 0.287. The molecular formula is C20H33IN4O3. The number of benzene rings is 1. The molecule has 4 N–H and O–H groups in total. The number of guanidine groups is 1. The van der Waals surface area contributed by atoms with Crippen LogP contribution in [-0.2, 0) is 17.8 Å². The lowest BCUT2D eigenvalue weighted by Crippen LogP contribution is -2.46. The number of ether oxygens (including phenoxy) is 2. The van der Waals surface area contributed by atoms with Gasteiger partial charge in [0.25, 0.3) is 0 Å². The lowest BCUT2D eigenvalue weighted by Gasteiger charge is -2.22. The average molecular weight is 504 g/mol. The van der Waals surface area contributed by atoms with E-state index in [0.717, 1.165) is 23.5 Å². The van der Waals surface area contributed by atoms with Gasteiger partial charge in [-0.25, -0.2) is 4.99 Å². The molecule has 0 radical (unpaired) electrons. The molecule has 0 spiro atoms. The van der Waals surface area contributed by atoms with E-state index in [1.165, 1.54) is 5.56 Å². The Balaban J connectivity index is 0.00000392. The monoisotopic (exact) mass is 504 g/mol. The molecule has 0 aromatic heterocycles. The molecule has 0 fully saturated rings.